The van der Waals surface area contributed by atoms with E-state index < -0.39 is 11.4 Å². The SMILES string of the molecule is CC(C)(Cc1ccccc1)C(=O)NC1CC(N(CC(=O)O)CC2CC2)C1. The fourth-order valence-corrected chi connectivity index (χ4v) is 3.72. The van der Waals surface area contributed by atoms with E-state index in [2.05, 4.69) is 22.3 Å². The van der Waals surface area contributed by atoms with Crippen molar-refractivity contribution in [3.63, 3.8) is 0 Å². The number of carbonyl (C=O) groups excluding carboxylic acids is 1. The summed E-state index contributed by atoms with van der Waals surface area (Å²) in [5.41, 5.74) is 0.706. The molecule has 2 fully saturated rings. The molecule has 2 saturated carbocycles. The van der Waals surface area contributed by atoms with Gasteiger partial charge in [0.05, 0.1) is 6.54 Å². The number of nitrogens with one attached hydrogen (secondary N) is 1. The van der Waals surface area contributed by atoms with Crippen molar-refractivity contribution in [1.82, 2.24) is 10.2 Å². The van der Waals surface area contributed by atoms with Crippen LogP contribution in [0.15, 0.2) is 30.3 Å². The quantitative estimate of drug-likeness (QED) is 0.712. The molecule has 2 aliphatic carbocycles. The molecule has 142 valence electrons. The minimum absolute atomic E-state index is 0.0804. The summed E-state index contributed by atoms with van der Waals surface area (Å²) in [5.74, 6) is -0.00768. The van der Waals surface area contributed by atoms with E-state index in [-0.39, 0.29) is 24.5 Å². The lowest BCUT2D eigenvalue weighted by molar-refractivity contribution is -0.140. The number of amides is 1. The van der Waals surface area contributed by atoms with E-state index >= 15 is 0 Å². The number of carbonyl (C=O) groups is 2. The van der Waals surface area contributed by atoms with Crippen molar-refractivity contribution in [2.45, 2.75) is 58.0 Å². The molecule has 5 heteroatoms. The van der Waals surface area contributed by atoms with Crippen LogP contribution in [0.4, 0.5) is 0 Å². The minimum atomic E-state index is -0.762. The molecule has 0 unspecified atom stereocenters. The zero-order valence-corrected chi connectivity index (χ0v) is 15.8. The fraction of sp³-hybridized carbons (Fsp3) is 0.619. The molecule has 2 N–H and O–H groups in total. The van der Waals surface area contributed by atoms with Crippen molar-refractivity contribution in [3.8, 4) is 0 Å². The normalized spacial score (nSPS) is 22.7. The first-order valence-electron chi connectivity index (χ1n) is 9.64. The van der Waals surface area contributed by atoms with Crippen LogP contribution in [0, 0.1) is 11.3 Å². The number of carboxylic acids is 1. The average molecular weight is 358 g/mol. The van der Waals surface area contributed by atoms with Gasteiger partial charge in [-0.1, -0.05) is 44.2 Å². The van der Waals surface area contributed by atoms with Crippen LogP contribution in [-0.2, 0) is 16.0 Å². The molecule has 0 aliphatic heterocycles. The zero-order chi connectivity index (χ0) is 18.7. The summed E-state index contributed by atoms with van der Waals surface area (Å²) in [6.45, 7) is 4.96. The second-order valence-corrected chi connectivity index (χ2v) is 8.61. The molecule has 26 heavy (non-hydrogen) atoms. The second kappa shape index (κ2) is 7.78. The predicted molar refractivity (Wildman–Crippen MR) is 101 cm³/mol. The Morgan fingerprint density at radius 2 is 1.85 bits per heavy atom. The molecular weight excluding hydrogens is 328 g/mol. The molecule has 2 aliphatic rings. The van der Waals surface area contributed by atoms with Crippen LogP contribution in [0.3, 0.4) is 0 Å². The first kappa shape index (κ1) is 18.9. The Balaban J connectivity index is 1.47. The standard InChI is InChI=1S/C21H30N2O3/c1-21(2,12-15-6-4-3-5-7-15)20(26)22-17-10-18(11-17)23(14-19(24)25)13-16-8-9-16/h3-7,16-18H,8-14H2,1-2H3,(H,22,26)(H,24,25). The topological polar surface area (TPSA) is 69.6 Å². The first-order valence-corrected chi connectivity index (χ1v) is 9.64. The Hall–Kier alpha value is -1.88. The third kappa shape index (κ3) is 5.07. The van der Waals surface area contributed by atoms with Gasteiger partial charge in [-0.15, -0.1) is 0 Å². The molecule has 1 aromatic rings. The molecule has 3 rings (SSSR count). The number of aliphatic carboxylic acids is 1. The van der Waals surface area contributed by atoms with Crippen molar-refractivity contribution in [2.75, 3.05) is 13.1 Å². The third-order valence-electron chi connectivity index (χ3n) is 5.60. The van der Waals surface area contributed by atoms with Gasteiger partial charge in [-0.25, -0.2) is 0 Å². The lowest BCUT2D eigenvalue weighted by Crippen LogP contribution is -2.57. The van der Waals surface area contributed by atoms with E-state index in [4.69, 9.17) is 5.11 Å². The van der Waals surface area contributed by atoms with Crippen LogP contribution in [-0.4, -0.2) is 47.1 Å². The number of benzene rings is 1. The fourth-order valence-electron chi connectivity index (χ4n) is 3.72. The Bertz CT molecular complexity index is 634. The van der Waals surface area contributed by atoms with E-state index in [1.54, 1.807) is 0 Å². The van der Waals surface area contributed by atoms with Crippen LogP contribution in [0.5, 0.6) is 0 Å². The van der Waals surface area contributed by atoms with E-state index in [1.165, 1.54) is 12.8 Å². The Labute approximate surface area is 155 Å². The smallest absolute Gasteiger partial charge is 0.317 e. The van der Waals surface area contributed by atoms with Gasteiger partial charge in [0, 0.05) is 24.0 Å². The van der Waals surface area contributed by atoms with E-state index in [9.17, 15) is 9.59 Å². The second-order valence-electron chi connectivity index (χ2n) is 8.61. The molecule has 0 heterocycles. The summed E-state index contributed by atoms with van der Waals surface area (Å²) < 4.78 is 0. The number of nitrogens with zero attached hydrogens (tertiary/aromatic N) is 1. The van der Waals surface area contributed by atoms with Crippen LogP contribution >= 0.6 is 0 Å². The van der Waals surface area contributed by atoms with Gasteiger partial charge in [-0.3, -0.25) is 14.5 Å². The summed E-state index contributed by atoms with van der Waals surface area (Å²) in [6.07, 6.45) is 4.86. The minimum Gasteiger partial charge on any atom is -0.480 e. The van der Waals surface area contributed by atoms with Crippen molar-refractivity contribution >= 4 is 11.9 Å². The lowest BCUT2D eigenvalue weighted by atomic mass is 9.81. The molecule has 5 nitrogen and oxygen atoms in total. The molecule has 0 atom stereocenters. The lowest BCUT2D eigenvalue weighted by Gasteiger charge is -2.43. The monoisotopic (exact) mass is 358 g/mol. The summed E-state index contributed by atoms with van der Waals surface area (Å²) in [7, 11) is 0. The first-order chi connectivity index (χ1) is 12.3. The van der Waals surface area contributed by atoms with Crippen molar-refractivity contribution in [2.24, 2.45) is 11.3 Å². The maximum absolute atomic E-state index is 12.7. The summed E-state index contributed by atoms with van der Waals surface area (Å²) in [6, 6.07) is 10.5. The molecule has 0 spiro atoms. The van der Waals surface area contributed by atoms with Crippen LogP contribution < -0.4 is 5.32 Å². The molecule has 1 amide bonds. The Morgan fingerprint density at radius 3 is 2.42 bits per heavy atom. The highest BCUT2D eigenvalue weighted by atomic mass is 16.4. The number of carboxylic acid groups (broad SMARTS) is 1. The van der Waals surface area contributed by atoms with E-state index in [0.29, 0.717) is 12.3 Å². The van der Waals surface area contributed by atoms with Gasteiger partial charge < -0.3 is 10.4 Å². The van der Waals surface area contributed by atoms with E-state index in [0.717, 1.165) is 24.9 Å². The van der Waals surface area contributed by atoms with Crippen molar-refractivity contribution in [1.29, 1.82) is 0 Å². The van der Waals surface area contributed by atoms with Gasteiger partial charge in [0.15, 0.2) is 0 Å². The molecule has 1 aromatic carbocycles. The van der Waals surface area contributed by atoms with Gasteiger partial charge in [-0.2, -0.15) is 0 Å². The Morgan fingerprint density at radius 1 is 1.19 bits per heavy atom. The molecule has 0 radical (unpaired) electrons. The van der Waals surface area contributed by atoms with Crippen molar-refractivity contribution < 1.29 is 14.7 Å². The largest absolute Gasteiger partial charge is 0.480 e. The van der Waals surface area contributed by atoms with Crippen LogP contribution in [0.25, 0.3) is 0 Å². The van der Waals surface area contributed by atoms with Gasteiger partial charge >= 0.3 is 5.97 Å². The van der Waals surface area contributed by atoms with Gasteiger partial charge in [0.2, 0.25) is 5.91 Å². The third-order valence-corrected chi connectivity index (χ3v) is 5.60. The molecule has 0 aromatic heterocycles. The zero-order valence-electron chi connectivity index (χ0n) is 15.8. The highest BCUT2D eigenvalue weighted by Gasteiger charge is 2.39. The van der Waals surface area contributed by atoms with Gasteiger partial charge in [0.25, 0.3) is 0 Å². The highest BCUT2D eigenvalue weighted by Crippen LogP contribution is 2.34. The maximum atomic E-state index is 12.7. The number of rotatable bonds is 9. The average Bonchev–Trinajstić information content (AvgIpc) is 3.33. The number of hydrogen-bond donors (Lipinski definition) is 2. The maximum Gasteiger partial charge on any atom is 0.317 e. The van der Waals surface area contributed by atoms with Gasteiger partial charge in [-0.05, 0) is 43.6 Å². The summed E-state index contributed by atoms with van der Waals surface area (Å²) in [4.78, 5) is 25.9. The summed E-state index contributed by atoms with van der Waals surface area (Å²) >= 11 is 0. The summed E-state index contributed by atoms with van der Waals surface area (Å²) in [5, 5.41) is 12.3. The number of hydrogen-bond acceptors (Lipinski definition) is 3. The molecule has 0 bridgehead atoms. The highest BCUT2D eigenvalue weighted by molar-refractivity contribution is 5.82. The van der Waals surface area contributed by atoms with E-state index in [1.807, 2.05) is 32.0 Å². The molecule has 0 saturated heterocycles. The predicted octanol–water partition coefficient (Wildman–Crippen LogP) is 2.70. The van der Waals surface area contributed by atoms with Gasteiger partial charge in [0.1, 0.15) is 0 Å². The van der Waals surface area contributed by atoms with Crippen LogP contribution in [0.1, 0.15) is 45.1 Å². The van der Waals surface area contributed by atoms with Crippen LogP contribution in [0.2, 0.25) is 0 Å². The molecular formula is C21H30N2O3. The Kier molecular flexibility index (Phi) is 5.66. The van der Waals surface area contributed by atoms with Crippen molar-refractivity contribution in [3.05, 3.63) is 35.9 Å².